The number of halogens is 2. The smallest absolute Gasteiger partial charge is 0.167 e. The Bertz CT molecular complexity index is 766. The van der Waals surface area contributed by atoms with Gasteiger partial charge in [-0.15, -0.1) is 0 Å². The molecule has 1 heterocycles. The van der Waals surface area contributed by atoms with E-state index in [1.807, 2.05) is 41.3 Å². The highest BCUT2D eigenvalue weighted by Crippen LogP contribution is 2.36. The highest BCUT2D eigenvalue weighted by molar-refractivity contribution is 7.79. The molecule has 0 aliphatic carbocycles. The second-order valence-corrected chi connectivity index (χ2v) is 6.71. The van der Waals surface area contributed by atoms with Gasteiger partial charge < -0.3 is 4.55 Å². The first kappa shape index (κ1) is 16.3. The van der Waals surface area contributed by atoms with Gasteiger partial charge in [-0.1, -0.05) is 48.0 Å². The van der Waals surface area contributed by atoms with Gasteiger partial charge in [0.25, 0.3) is 0 Å². The lowest BCUT2D eigenvalue weighted by atomic mass is 10.0. The lowest BCUT2D eigenvalue weighted by Gasteiger charge is -2.23. The summed E-state index contributed by atoms with van der Waals surface area (Å²) in [6, 6.07) is 13.9. The molecule has 0 saturated carbocycles. The zero-order chi connectivity index (χ0) is 16.4. The maximum Gasteiger partial charge on any atom is 0.167 e. The first-order chi connectivity index (χ1) is 11.0. The summed E-state index contributed by atoms with van der Waals surface area (Å²) in [6.45, 7) is 0.392. The van der Waals surface area contributed by atoms with Crippen LogP contribution in [-0.4, -0.2) is 26.1 Å². The van der Waals surface area contributed by atoms with Gasteiger partial charge in [0.15, 0.2) is 11.1 Å². The Balaban J connectivity index is 1.99. The maximum absolute atomic E-state index is 14.1. The number of benzene rings is 2. The molecule has 3 rings (SSSR count). The van der Waals surface area contributed by atoms with Crippen molar-refractivity contribution in [1.82, 2.24) is 4.90 Å². The molecular formula is C17H15ClFNO2S. The Morgan fingerprint density at radius 3 is 2.70 bits per heavy atom. The molecule has 0 amide bonds. The lowest BCUT2D eigenvalue weighted by Crippen LogP contribution is -2.28. The van der Waals surface area contributed by atoms with Crippen LogP contribution in [0.1, 0.15) is 17.2 Å². The van der Waals surface area contributed by atoms with E-state index in [4.69, 9.17) is 11.6 Å². The van der Waals surface area contributed by atoms with Crippen LogP contribution in [0.3, 0.4) is 0 Å². The normalized spacial score (nSPS) is 19.6. The molecule has 0 radical (unpaired) electrons. The Morgan fingerprint density at radius 2 is 2.00 bits per heavy atom. The third-order valence-corrected chi connectivity index (χ3v) is 4.61. The average molecular weight is 352 g/mol. The van der Waals surface area contributed by atoms with Crippen LogP contribution < -0.4 is 0 Å². The fourth-order valence-corrected chi connectivity index (χ4v) is 3.52. The summed E-state index contributed by atoms with van der Waals surface area (Å²) in [5.74, 6) is -0.346. The summed E-state index contributed by atoms with van der Waals surface area (Å²) in [6.07, 6.45) is 1.93. The molecule has 2 aromatic rings. The molecule has 2 aromatic carbocycles. The maximum atomic E-state index is 14.1. The van der Waals surface area contributed by atoms with E-state index in [2.05, 4.69) is 0 Å². The van der Waals surface area contributed by atoms with Crippen molar-refractivity contribution in [2.24, 2.45) is 0 Å². The van der Waals surface area contributed by atoms with E-state index in [0.29, 0.717) is 17.1 Å². The molecule has 6 heteroatoms. The van der Waals surface area contributed by atoms with Gasteiger partial charge in [0.05, 0.1) is 6.04 Å². The van der Waals surface area contributed by atoms with Crippen LogP contribution >= 0.6 is 11.6 Å². The molecule has 1 N–H and O–H groups in total. The molecule has 0 aromatic heterocycles. The van der Waals surface area contributed by atoms with Crippen LogP contribution in [-0.2, 0) is 11.1 Å². The second-order valence-electron chi connectivity index (χ2n) is 5.37. The van der Waals surface area contributed by atoms with Crippen molar-refractivity contribution in [3.05, 3.63) is 76.6 Å². The van der Waals surface area contributed by atoms with Gasteiger partial charge in [0.1, 0.15) is 11.7 Å². The molecule has 120 valence electrons. The minimum absolute atomic E-state index is 0.00173. The van der Waals surface area contributed by atoms with Crippen molar-refractivity contribution in [3.63, 3.8) is 0 Å². The van der Waals surface area contributed by atoms with Crippen LogP contribution in [0.25, 0.3) is 5.57 Å². The summed E-state index contributed by atoms with van der Waals surface area (Å²) >= 11 is 4.02. The number of rotatable bonds is 4. The number of hydrogen-bond acceptors (Lipinski definition) is 2. The zero-order valence-corrected chi connectivity index (χ0v) is 13.7. The molecule has 0 bridgehead atoms. The molecule has 0 spiro atoms. The highest BCUT2D eigenvalue weighted by atomic mass is 35.5. The third kappa shape index (κ3) is 3.70. The van der Waals surface area contributed by atoms with Gasteiger partial charge in [-0.25, -0.2) is 8.60 Å². The molecule has 1 aliphatic heterocycles. The molecule has 1 aliphatic rings. The topological polar surface area (TPSA) is 40.5 Å². The van der Waals surface area contributed by atoms with Gasteiger partial charge in [-0.2, -0.15) is 0 Å². The first-order valence-corrected chi connectivity index (χ1v) is 8.72. The third-order valence-electron chi connectivity index (χ3n) is 3.82. The predicted molar refractivity (Wildman–Crippen MR) is 90.9 cm³/mol. The molecule has 0 saturated heterocycles. The van der Waals surface area contributed by atoms with Crippen LogP contribution in [0.4, 0.5) is 4.39 Å². The molecule has 23 heavy (non-hydrogen) atoms. The van der Waals surface area contributed by atoms with Gasteiger partial charge in [0, 0.05) is 17.1 Å². The van der Waals surface area contributed by atoms with Crippen molar-refractivity contribution < 1.29 is 13.2 Å². The fraction of sp³-hybridized carbons (Fsp3) is 0.176. The van der Waals surface area contributed by atoms with E-state index in [-0.39, 0.29) is 17.7 Å². The van der Waals surface area contributed by atoms with Crippen LogP contribution in [0.2, 0.25) is 5.02 Å². The monoisotopic (exact) mass is 351 g/mol. The Morgan fingerprint density at radius 1 is 1.26 bits per heavy atom. The minimum Gasteiger partial charge on any atom is -0.305 e. The van der Waals surface area contributed by atoms with E-state index in [0.717, 1.165) is 11.1 Å². The van der Waals surface area contributed by atoms with E-state index < -0.39 is 11.1 Å². The molecule has 2 unspecified atom stereocenters. The van der Waals surface area contributed by atoms with E-state index >= 15 is 0 Å². The van der Waals surface area contributed by atoms with Crippen LogP contribution in [0.15, 0.2) is 54.6 Å². The van der Waals surface area contributed by atoms with Gasteiger partial charge in [0.2, 0.25) is 0 Å². The largest absolute Gasteiger partial charge is 0.305 e. The minimum atomic E-state index is -1.96. The standard InChI is InChI=1S/C17H15ClFNO2S/c18-14-6-7-16(19)15(9-14)13-8-17(12-4-2-1-3-5-12)20(10-13)11-23(21)22/h1-9,17H,10-11H2,(H,21,22). The van der Waals surface area contributed by atoms with Crippen molar-refractivity contribution in [1.29, 1.82) is 0 Å². The fourth-order valence-electron chi connectivity index (χ4n) is 2.81. The zero-order valence-electron chi connectivity index (χ0n) is 12.2. The van der Waals surface area contributed by atoms with Gasteiger partial charge in [-0.05, 0) is 29.3 Å². The van der Waals surface area contributed by atoms with Crippen molar-refractivity contribution in [2.75, 3.05) is 12.4 Å². The Kier molecular flexibility index (Phi) is 4.92. The van der Waals surface area contributed by atoms with Gasteiger partial charge >= 0.3 is 0 Å². The van der Waals surface area contributed by atoms with Gasteiger partial charge in [-0.3, -0.25) is 4.90 Å². The second kappa shape index (κ2) is 6.93. The van der Waals surface area contributed by atoms with E-state index in [1.54, 1.807) is 6.07 Å². The summed E-state index contributed by atoms with van der Waals surface area (Å²) in [7, 11) is 0. The van der Waals surface area contributed by atoms with E-state index in [9.17, 15) is 13.2 Å². The summed E-state index contributed by atoms with van der Waals surface area (Å²) in [5.41, 5.74) is 2.20. The quantitative estimate of drug-likeness (QED) is 0.843. The highest BCUT2D eigenvalue weighted by Gasteiger charge is 2.28. The predicted octanol–water partition coefficient (Wildman–Crippen LogP) is 4.10. The molecule has 0 fully saturated rings. The van der Waals surface area contributed by atoms with E-state index in [1.165, 1.54) is 12.1 Å². The number of nitrogens with zero attached hydrogens (tertiary/aromatic N) is 1. The summed E-state index contributed by atoms with van der Waals surface area (Å²) in [4.78, 5) is 1.85. The van der Waals surface area contributed by atoms with Crippen molar-refractivity contribution in [2.45, 2.75) is 6.04 Å². The Hall–Kier alpha value is -1.53. The number of hydrogen-bond donors (Lipinski definition) is 1. The molecule has 3 nitrogen and oxygen atoms in total. The molecular weight excluding hydrogens is 337 g/mol. The SMILES string of the molecule is O=S(O)CN1CC(c2cc(Cl)ccc2F)=CC1c1ccccc1. The molecule has 2 atom stereocenters. The van der Waals surface area contributed by atoms with Crippen molar-refractivity contribution in [3.8, 4) is 0 Å². The summed E-state index contributed by atoms with van der Waals surface area (Å²) < 4.78 is 34.6. The van der Waals surface area contributed by atoms with Crippen LogP contribution in [0.5, 0.6) is 0 Å². The van der Waals surface area contributed by atoms with Crippen molar-refractivity contribution >= 4 is 28.3 Å². The summed E-state index contributed by atoms with van der Waals surface area (Å²) in [5, 5.41) is 0.461. The average Bonchev–Trinajstić information content (AvgIpc) is 2.93. The Labute approximate surface area is 141 Å². The lowest BCUT2D eigenvalue weighted by molar-refractivity contribution is 0.317. The van der Waals surface area contributed by atoms with Crippen LogP contribution in [0, 0.1) is 5.82 Å². The first-order valence-electron chi connectivity index (χ1n) is 7.07.